The molecule has 1 aliphatic rings. The summed E-state index contributed by atoms with van der Waals surface area (Å²) in [5, 5.41) is 4.31. The van der Waals surface area contributed by atoms with E-state index in [1.54, 1.807) is 11.9 Å². The standard InChI is InChI=1S/C20H21Cl2F3N4O2/c1-12(30)18-17(22)11-29(26-18)19(31)28-7-5-15(6-8-28)27(2)10-13-9-14(21)3-4-16(13)20(23,24)25/h3-4,9,11,15H,5-8,10H2,1-2H3. The van der Waals surface area contributed by atoms with Gasteiger partial charge in [-0.05, 0) is 43.7 Å². The molecule has 1 saturated heterocycles. The lowest BCUT2D eigenvalue weighted by Crippen LogP contribution is -2.46. The van der Waals surface area contributed by atoms with Crippen molar-refractivity contribution in [2.75, 3.05) is 20.1 Å². The maximum absolute atomic E-state index is 13.3. The molecule has 2 heterocycles. The van der Waals surface area contributed by atoms with Crippen molar-refractivity contribution in [2.24, 2.45) is 0 Å². The third kappa shape index (κ3) is 5.39. The van der Waals surface area contributed by atoms with Crippen molar-refractivity contribution in [3.05, 3.63) is 51.3 Å². The Bertz CT molecular complexity index is 985. The van der Waals surface area contributed by atoms with Gasteiger partial charge < -0.3 is 4.90 Å². The van der Waals surface area contributed by atoms with Crippen LogP contribution >= 0.6 is 23.2 Å². The number of hydrogen-bond acceptors (Lipinski definition) is 4. The van der Waals surface area contributed by atoms with E-state index in [0.29, 0.717) is 25.9 Å². The van der Waals surface area contributed by atoms with Gasteiger partial charge in [-0.15, -0.1) is 0 Å². The monoisotopic (exact) mass is 476 g/mol. The van der Waals surface area contributed by atoms with Crippen LogP contribution in [0.3, 0.4) is 0 Å². The summed E-state index contributed by atoms with van der Waals surface area (Å²) in [7, 11) is 1.76. The Morgan fingerprint density at radius 1 is 1.23 bits per heavy atom. The largest absolute Gasteiger partial charge is 0.416 e. The smallest absolute Gasteiger partial charge is 0.323 e. The first-order valence-corrected chi connectivity index (χ1v) is 10.3. The Labute approximate surface area is 187 Å². The number of likely N-dealkylation sites (tertiary alicyclic amines) is 1. The van der Waals surface area contributed by atoms with Crippen LogP contribution in [0.1, 0.15) is 41.4 Å². The fourth-order valence-electron chi connectivity index (χ4n) is 3.70. The van der Waals surface area contributed by atoms with Gasteiger partial charge in [-0.3, -0.25) is 9.69 Å². The van der Waals surface area contributed by atoms with Crippen LogP contribution in [0.5, 0.6) is 0 Å². The second kappa shape index (κ2) is 9.18. The molecule has 1 aromatic heterocycles. The molecule has 3 rings (SSSR count). The topological polar surface area (TPSA) is 58.4 Å². The summed E-state index contributed by atoms with van der Waals surface area (Å²) in [6.07, 6.45) is -1.99. The van der Waals surface area contributed by atoms with Crippen molar-refractivity contribution in [1.29, 1.82) is 0 Å². The predicted octanol–water partition coefficient (Wildman–Crippen LogP) is 4.98. The zero-order valence-electron chi connectivity index (χ0n) is 16.9. The zero-order valence-corrected chi connectivity index (χ0v) is 18.4. The zero-order chi connectivity index (χ0) is 22.9. The third-order valence-corrected chi connectivity index (χ3v) is 5.86. The van der Waals surface area contributed by atoms with Gasteiger partial charge in [0, 0.05) is 37.6 Å². The molecule has 0 bridgehead atoms. The van der Waals surface area contributed by atoms with E-state index in [1.807, 2.05) is 4.90 Å². The number of carbonyl (C=O) groups is 2. The van der Waals surface area contributed by atoms with Crippen molar-refractivity contribution in [1.82, 2.24) is 19.6 Å². The van der Waals surface area contributed by atoms with E-state index in [4.69, 9.17) is 23.2 Å². The van der Waals surface area contributed by atoms with Gasteiger partial charge in [0.15, 0.2) is 5.78 Å². The van der Waals surface area contributed by atoms with Gasteiger partial charge in [-0.25, -0.2) is 4.79 Å². The molecular formula is C20H21Cl2F3N4O2. The average Bonchev–Trinajstić information content (AvgIpc) is 3.08. The number of amides is 1. The highest BCUT2D eigenvalue weighted by Crippen LogP contribution is 2.34. The highest BCUT2D eigenvalue weighted by molar-refractivity contribution is 6.33. The Hall–Kier alpha value is -2.10. The van der Waals surface area contributed by atoms with E-state index >= 15 is 0 Å². The molecule has 11 heteroatoms. The van der Waals surface area contributed by atoms with E-state index in [2.05, 4.69) is 5.10 Å². The van der Waals surface area contributed by atoms with Crippen molar-refractivity contribution < 1.29 is 22.8 Å². The minimum absolute atomic E-state index is 0.00175. The third-order valence-electron chi connectivity index (χ3n) is 5.35. The Morgan fingerprint density at radius 3 is 2.42 bits per heavy atom. The van der Waals surface area contributed by atoms with Crippen molar-refractivity contribution in [3.8, 4) is 0 Å². The van der Waals surface area contributed by atoms with Crippen LogP contribution in [0.2, 0.25) is 10.0 Å². The number of Topliss-reactive ketones (excluding diaryl/α,β-unsaturated/α-hetero) is 1. The van der Waals surface area contributed by atoms with Crippen LogP contribution in [-0.2, 0) is 12.7 Å². The highest BCUT2D eigenvalue weighted by atomic mass is 35.5. The van der Waals surface area contributed by atoms with Crippen molar-refractivity contribution in [3.63, 3.8) is 0 Å². The molecule has 1 fully saturated rings. The molecule has 1 amide bonds. The fourth-order valence-corrected chi connectivity index (χ4v) is 4.16. The normalized spacial score (nSPS) is 15.5. The second-order valence-corrected chi connectivity index (χ2v) is 8.39. The lowest BCUT2D eigenvalue weighted by Gasteiger charge is -2.36. The van der Waals surface area contributed by atoms with Crippen molar-refractivity contribution in [2.45, 2.75) is 38.5 Å². The molecule has 0 saturated carbocycles. The van der Waals surface area contributed by atoms with Crippen LogP contribution in [0.15, 0.2) is 24.4 Å². The summed E-state index contributed by atoms with van der Waals surface area (Å²) in [6.45, 7) is 2.21. The van der Waals surface area contributed by atoms with Crippen LogP contribution in [0.25, 0.3) is 0 Å². The van der Waals surface area contributed by atoms with Crippen LogP contribution in [0, 0.1) is 0 Å². The maximum atomic E-state index is 13.3. The number of nitrogens with zero attached hydrogens (tertiary/aromatic N) is 4. The summed E-state index contributed by atoms with van der Waals surface area (Å²) in [6, 6.07) is 3.17. The van der Waals surface area contributed by atoms with Crippen molar-refractivity contribution >= 4 is 35.0 Å². The van der Waals surface area contributed by atoms with Gasteiger partial charge in [-0.1, -0.05) is 23.2 Å². The minimum Gasteiger partial charge on any atom is -0.323 e. The second-order valence-electron chi connectivity index (χ2n) is 7.54. The molecule has 0 unspecified atom stereocenters. The number of alkyl halides is 3. The van der Waals surface area contributed by atoms with Crippen LogP contribution < -0.4 is 0 Å². The molecule has 2 aromatic rings. The fraction of sp³-hybridized carbons (Fsp3) is 0.450. The average molecular weight is 477 g/mol. The molecule has 1 aromatic carbocycles. The Balaban J connectivity index is 1.64. The summed E-state index contributed by atoms with van der Waals surface area (Å²) in [4.78, 5) is 27.6. The van der Waals surface area contributed by atoms with Gasteiger partial charge in [-0.2, -0.15) is 23.0 Å². The SMILES string of the molecule is CC(=O)c1nn(C(=O)N2CCC(N(C)Cc3cc(Cl)ccc3C(F)(F)F)CC2)cc1Cl. The lowest BCUT2D eigenvalue weighted by molar-refractivity contribution is -0.138. The number of ketones is 1. The molecule has 6 nitrogen and oxygen atoms in total. The first kappa shape index (κ1) is 23.6. The number of piperidine rings is 1. The van der Waals surface area contributed by atoms with Crippen LogP contribution in [0.4, 0.5) is 18.0 Å². The maximum Gasteiger partial charge on any atom is 0.416 e. The number of carbonyl (C=O) groups excluding carboxylic acids is 2. The van der Waals surface area contributed by atoms with Gasteiger partial charge in [0.05, 0.1) is 16.8 Å². The van der Waals surface area contributed by atoms with E-state index in [-0.39, 0.29) is 39.7 Å². The molecule has 0 radical (unpaired) electrons. The molecular weight excluding hydrogens is 456 g/mol. The number of halogens is 5. The summed E-state index contributed by atoms with van der Waals surface area (Å²) in [5.74, 6) is -0.337. The van der Waals surface area contributed by atoms with E-state index < -0.39 is 17.8 Å². The van der Waals surface area contributed by atoms with E-state index in [0.717, 1.165) is 10.7 Å². The molecule has 0 aliphatic carbocycles. The molecule has 0 N–H and O–H groups in total. The Morgan fingerprint density at radius 2 is 1.87 bits per heavy atom. The summed E-state index contributed by atoms with van der Waals surface area (Å²) < 4.78 is 41.0. The minimum atomic E-state index is -4.46. The van der Waals surface area contributed by atoms with Gasteiger partial charge in [0.25, 0.3) is 0 Å². The lowest BCUT2D eigenvalue weighted by atomic mass is 10.0. The number of rotatable bonds is 4. The molecule has 1 aliphatic heterocycles. The summed E-state index contributed by atoms with van der Waals surface area (Å²) >= 11 is 11.9. The van der Waals surface area contributed by atoms with Gasteiger partial charge in [0.2, 0.25) is 0 Å². The quantitative estimate of drug-likeness (QED) is 0.584. The molecule has 0 spiro atoms. The van der Waals surface area contributed by atoms with Gasteiger partial charge in [0.1, 0.15) is 5.69 Å². The molecule has 0 atom stereocenters. The van der Waals surface area contributed by atoms with E-state index in [9.17, 15) is 22.8 Å². The highest BCUT2D eigenvalue weighted by Gasteiger charge is 2.34. The summed E-state index contributed by atoms with van der Waals surface area (Å²) in [5.41, 5.74) is -0.552. The number of aromatic nitrogens is 2. The Kier molecular flexibility index (Phi) is 6.98. The first-order chi connectivity index (χ1) is 14.5. The first-order valence-electron chi connectivity index (χ1n) is 9.58. The van der Waals surface area contributed by atoms with E-state index in [1.165, 1.54) is 25.3 Å². The van der Waals surface area contributed by atoms with Crippen LogP contribution in [-0.4, -0.2) is 57.6 Å². The predicted molar refractivity (Wildman–Crippen MR) is 111 cm³/mol. The van der Waals surface area contributed by atoms with Gasteiger partial charge >= 0.3 is 12.2 Å². The number of benzene rings is 1. The molecule has 31 heavy (non-hydrogen) atoms. The number of hydrogen-bond donors (Lipinski definition) is 0. The molecule has 168 valence electrons.